The molecule has 1 aromatic heterocycles. The van der Waals surface area contributed by atoms with Gasteiger partial charge in [-0.25, -0.2) is 0 Å². The molecule has 2 N–H and O–H groups in total. The number of aromatic nitrogens is 3. The first-order valence-corrected chi connectivity index (χ1v) is 22.3. The number of aliphatic hydroxyl groups excluding tert-OH is 1. The summed E-state index contributed by atoms with van der Waals surface area (Å²) in [6, 6.07) is 39.5. The van der Waals surface area contributed by atoms with Crippen molar-refractivity contribution in [1.82, 2.24) is 15.0 Å². The van der Waals surface area contributed by atoms with Crippen LogP contribution >= 0.6 is 0 Å². The van der Waals surface area contributed by atoms with Crippen LogP contribution < -0.4 is 14.5 Å². The molecule has 288 valence electrons. The minimum Gasteiger partial charge on any atom is -0.454 e. The van der Waals surface area contributed by atoms with Crippen molar-refractivity contribution in [2.24, 2.45) is 5.92 Å². The van der Waals surface area contributed by atoms with Crippen molar-refractivity contribution in [1.29, 1.82) is 0 Å². The second-order valence-electron chi connectivity index (χ2n) is 15.6. The molecule has 0 bridgehead atoms. The number of aliphatic hydroxyl groups is 1. The quantitative estimate of drug-likeness (QED) is 0.141. The van der Waals surface area contributed by atoms with Crippen LogP contribution in [0.15, 0.2) is 134 Å². The summed E-state index contributed by atoms with van der Waals surface area (Å²) in [7, 11) is -3.00. The van der Waals surface area contributed by atoms with Crippen LogP contribution in [0.5, 0.6) is 11.5 Å². The highest BCUT2D eigenvalue weighted by Gasteiger charge is 2.66. The lowest BCUT2D eigenvalue weighted by molar-refractivity contribution is -0.145. The Bertz CT molecular complexity index is 2470. The molecule has 0 radical (unpaired) electrons. The molecule has 0 saturated carbocycles. The zero-order chi connectivity index (χ0) is 39.5. The van der Waals surface area contributed by atoms with Gasteiger partial charge in [0.2, 0.25) is 0 Å². The number of hydrogen-bond acceptors (Lipinski definition) is 8. The Balaban J connectivity index is 1.13. The van der Waals surface area contributed by atoms with E-state index < -0.39 is 25.9 Å². The molecule has 5 atom stereocenters. The van der Waals surface area contributed by atoms with Gasteiger partial charge < -0.3 is 19.4 Å². The van der Waals surface area contributed by atoms with E-state index in [1.165, 1.54) is 0 Å². The van der Waals surface area contributed by atoms with Crippen LogP contribution in [0, 0.1) is 5.92 Å². The third-order valence-electron chi connectivity index (χ3n) is 11.7. The summed E-state index contributed by atoms with van der Waals surface area (Å²) in [5.74, 6) is -0.290. The van der Waals surface area contributed by atoms with E-state index in [0.29, 0.717) is 64.0 Å². The molecule has 2 amide bonds. The number of benzene rings is 5. The molecule has 6 aromatic rings. The van der Waals surface area contributed by atoms with Crippen LogP contribution in [0.25, 0.3) is 0 Å². The second kappa shape index (κ2) is 14.2. The Morgan fingerprint density at radius 3 is 2.23 bits per heavy atom. The van der Waals surface area contributed by atoms with E-state index in [4.69, 9.17) is 9.47 Å². The van der Waals surface area contributed by atoms with Crippen molar-refractivity contribution in [2.45, 2.75) is 56.1 Å². The fraction of sp³-hybridized carbons (Fsp3) is 0.244. The van der Waals surface area contributed by atoms with Crippen LogP contribution in [0.1, 0.15) is 46.4 Å². The van der Waals surface area contributed by atoms with Gasteiger partial charge in [0.1, 0.15) is 5.75 Å². The van der Waals surface area contributed by atoms with E-state index in [1.807, 2.05) is 141 Å². The first-order chi connectivity index (χ1) is 27.6. The molecule has 12 heteroatoms. The average molecular weight is 778 g/mol. The highest BCUT2D eigenvalue weighted by atomic mass is 28.4. The summed E-state index contributed by atoms with van der Waals surface area (Å²) in [4.78, 5) is 45.1. The largest absolute Gasteiger partial charge is 0.454 e. The van der Waals surface area contributed by atoms with Gasteiger partial charge in [-0.05, 0) is 79.7 Å². The van der Waals surface area contributed by atoms with Crippen molar-refractivity contribution >= 4 is 42.9 Å². The van der Waals surface area contributed by atoms with Crippen molar-refractivity contribution in [3.05, 3.63) is 156 Å². The van der Waals surface area contributed by atoms with Gasteiger partial charge in [-0.1, -0.05) is 84.9 Å². The molecule has 1 saturated heterocycles. The first kappa shape index (κ1) is 36.7. The maximum Gasteiger partial charge on any atom is 0.268 e. The Morgan fingerprint density at radius 2 is 1.49 bits per heavy atom. The van der Waals surface area contributed by atoms with Crippen LogP contribution in [0.3, 0.4) is 0 Å². The zero-order valence-corrected chi connectivity index (χ0v) is 32.9. The minimum atomic E-state index is -3.00. The normalized spacial score (nSPS) is 21.9. The number of ether oxygens (including phenoxy) is 2. The predicted octanol–water partition coefficient (Wildman–Crippen LogP) is 8.05. The molecule has 57 heavy (non-hydrogen) atoms. The number of aryl methyl sites for hydroxylation is 1. The number of carbonyl (C=O) groups is 2. The van der Waals surface area contributed by atoms with Crippen molar-refractivity contribution in [3.8, 4) is 11.5 Å². The van der Waals surface area contributed by atoms with Crippen LogP contribution in [-0.4, -0.2) is 57.7 Å². The summed E-state index contributed by atoms with van der Waals surface area (Å²) >= 11 is 0. The Kier molecular flexibility index (Phi) is 9.16. The lowest BCUT2D eigenvalue weighted by Gasteiger charge is -2.32. The van der Waals surface area contributed by atoms with Gasteiger partial charge in [0.05, 0.1) is 41.3 Å². The van der Waals surface area contributed by atoms with E-state index in [9.17, 15) is 14.7 Å². The molecular weight excluding hydrogens is 735 g/mol. The van der Waals surface area contributed by atoms with Crippen LogP contribution in [0.2, 0.25) is 18.6 Å². The molecule has 5 aromatic carbocycles. The van der Waals surface area contributed by atoms with Gasteiger partial charge in [-0.15, -0.1) is 5.10 Å². The number of anilines is 4. The summed E-state index contributed by atoms with van der Waals surface area (Å²) in [6.45, 7) is 6.11. The molecule has 0 aliphatic carbocycles. The number of nitrogens with zero attached hydrogens (tertiary/aromatic N) is 5. The van der Waals surface area contributed by atoms with Gasteiger partial charge in [-0.3, -0.25) is 24.1 Å². The van der Waals surface area contributed by atoms with E-state index >= 15 is 4.79 Å². The molecule has 4 heterocycles. The number of rotatable bonds is 9. The summed E-state index contributed by atoms with van der Waals surface area (Å²) in [5, 5.41) is 19.1. The van der Waals surface area contributed by atoms with Gasteiger partial charge in [0, 0.05) is 41.1 Å². The zero-order valence-electron chi connectivity index (χ0n) is 31.9. The lowest BCUT2D eigenvalue weighted by atomic mass is 9.82. The second-order valence-corrected chi connectivity index (χ2v) is 19.6. The number of hydrogen-bond donors (Lipinski definition) is 2. The van der Waals surface area contributed by atoms with Gasteiger partial charge >= 0.3 is 0 Å². The molecular formula is C45H43N5O6Si. The molecule has 11 nitrogen and oxygen atoms in total. The third kappa shape index (κ3) is 6.07. The predicted molar refractivity (Wildman–Crippen MR) is 219 cm³/mol. The number of fused-ring (bicyclic) bond motifs is 4. The summed E-state index contributed by atoms with van der Waals surface area (Å²) in [5.41, 5.74) is 3.29. The Morgan fingerprint density at radius 1 is 0.807 bits per heavy atom. The molecule has 3 aliphatic heterocycles. The smallest absolute Gasteiger partial charge is 0.268 e. The van der Waals surface area contributed by atoms with E-state index in [-0.39, 0.29) is 29.9 Å². The maximum atomic E-state index is 15.3. The Labute approximate surface area is 331 Å². The number of para-hydroxylation sites is 4. The highest BCUT2D eigenvalue weighted by molar-refractivity contribution is 6.71. The molecule has 1 spiro atoms. The summed E-state index contributed by atoms with van der Waals surface area (Å²) in [6.07, 6.45) is 1.78. The Hall–Kier alpha value is -5.92. The lowest BCUT2D eigenvalue weighted by Crippen LogP contribution is -2.45. The molecule has 3 aliphatic rings. The van der Waals surface area contributed by atoms with E-state index in [2.05, 4.69) is 10.3 Å². The highest BCUT2D eigenvalue weighted by Crippen LogP contribution is 2.61. The minimum absolute atomic E-state index is 0.115. The average Bonchev–Trinajstić information content (AvgIpc) is 3.85. The van der Waals surface area contributed by atoms with Crippen molar-refractivity contribution in [2.75, 3.05) is 16.4 Å². The van der Waals surface area contributed by atoms with Crippen LogP contribution in [0.4, 0.5) is 22.7 Å². The number of carbonyl (C=O) groups excluding carboxylic acids is 2. The topological polar surface area (TPSA) is 130 Å². The standard InChI is InChI=1S/C45H43N5O6Si/c1-29-42(57(2,3)54)41(24-25-48-27-36(46-47-48)34(28-51)30-14-6-4-7-15-30)56-45(29)35-26-32(22-23-37(35)50(44(45)53)31-16-8-5-9-17-31)49-38-19-11-13-21-40(38)55-39-20-12-10-18-33(39)43(49)52/h4-23,26-27,29,34,41-42,51,54H,24-25,28H2,1-3H3/t29-,34?,41+,42-,45+/m0/s1. The number of amides is 2. The van der Waals surface area contributed by atoms with Crippen LogP contribution in [-0.2, 0) is 21.7 Å². The van der Waals surface area contributed by atoms with Gasteiger partial charge in [0.15, 0.2) is 19.7 Å². The first-order valence-electron chi connectivity index (χ1n) is 19.3. The van der Waals surface area contributed by atoms with E-state index in [0.717, 1.165) is 5.56 Å². The molecule has 1 fully saturated rings. The maximum absolute atomic E-state index is 15.3. The molecule has 9 rings (SSSR count). The SMILES string of the molecule is C[C@H]1[C@H]([Si](C)(C)O)[C@@H](CCn2cc(C(CO)c3ccccc3)nn2)O[C@]12C(=O)N(c1ccccc1)c1ccc(N3C(=O)c4ccccc4Oc4ccccc43)cc12. The van der Waals surface area contributed by atoms with Gasteiger partial charge in [0.25, 0.3) is 11.8 Å². The molecule has 1 unspecified atom stereocenters. The van der Waals surface area contributed by atoms with Crippen molar-refractivity contribution in [3.63, 3.8) is 0 Å². The van der Waals surface area contributed by atoms with E-state index in [1.54, 1.807) is 26.6 Å². The third-order valence-corrected chi connectivity index (χ3v) is 14.2. The van der Waals surface area contributed by atoms with Crippen molar-refractivity contribution < 1.29 is 29.0 Å². The monoisotopic (exact) mass is 777 g/mol. The van der Waals surface area contributed by atoms with Gasteiger partial charge in [-0.2, -0.15) is 0 Å². The fourth-order valence-corrected chi connectivity index (χ4v) is 11.8. The summed E-state index contributed by atoms with van der Waals surface area (Å²) < 4.78 is 15.2. The fourth-order valence-electron chi connectivity index (χ4n) is 9.20.